The molecule has 0 aliphatic rings. The molecule has 0 atom stereocenters. The van der Waals surface area contributed by atoms with Crippen molar-refractivity contribution in [2.24, 2.45) is 0 Å². The van der Waals surface area contributed by atoms with Gasteiger partial charge < -0.3 is 9.67 Å². The van der Waals surface area contributed by atoms with Crippen LogP contribution < -0.4 is 0 Å². The fourth-order valence-electron chi connectivity index (χ4n) is 1.73. The first-order chi connectivity index (χ1) is 8.50. The van der Waals surface area contributed by atoms with Crippen molar-refractivity contribution >= 4 is 11.8 Å². The average Bonchev–Trinajstić information content (AvgIpc) is 2.74. The van der Waals surface area contributed by atoms with E-state index in [4.69, 9.17) is 5.11 Å². The first-order valence-corrected chi connectivity index (χ1v) is 5.38. The Hall–Kier alpha value is -2.43. The first kappa shape index (κ1) is 12.0. The van der Waals surface area contributed by atoms with Gasteiger partial charge in [-0.25, -0.2) is 4.79 Å². The van der Waals surface area contributed by atoms with Crippen LogP contribution in [-0.2, 0) is 0 Å². The number of nitrogens with zero attached hydrogens (tertiary/aromatic N) is 2. The van der Waals surface area contributed by atoms with Crippen molar-refractivity contribution < 1.29 is 14.7 Å². The molecule has 1 N–H and O–H groups in total. The van der Waals surface area contributed by atoms with Gasteiger partial charge in [0.1, 0.15) is 5.69 Å². The van der Waals surface area contributed by atoms with Crippen LogP contribution in [-0.4, -0.2) is 26.4 Å². The van der Waals surface area contributed by atoms with E-state index in [2.05, 4.69) is 4.98 Å². The molecule has 0 aliphatic carbocycles. The van der Waals surface area contributed by atoms with E-state index in [0.29, 0.717) is 11.3 Å². The van der Waals surface area contributed by atoms with E-state index in [-0.39, 0.29) is 11.5 Å². The summed E-state index contributed by atoms with van der Waals surface area (Å²) >= 11 is 0. The molecule has 0 aliphatic heterocycles. The fourth-order valence-corrected chi connectivity index (χ4v) is 1.73. The molecule has 5 heteroatoms. The molecule has 0 bridgehead atoms. The van der Waals surface area contributed by atoms with E-state index in [1.54, 1.807) is 18.5 Å². The predicted molar refractivity (Wildman–Crippen MR) is 65.3 cm³/mol. The van der Waals surface area contributed by atoms with Gasteiger partial charge in [-0.3, -0.25) is 9.78 Å². The number of aromatic carboxylic acids is 1. The van der Waals surface area contributed by atoms with Crippen LogP contribution in [0.25, 0.3) is 5.69 Å². The number of Topliss-reactive ketones (excluding diaryl/α,β-unsaturated/α-hetero) is 1. The molecule has 0 aromatic carbocycles. The highest BCUT2D eigenvalue weighted by Gasteiger charge is 2.16. The number of hydrogen-bond acceptors (Lipinski definition) is 3. The lowest BCUT2D eigenvalue weighted by Gasteiger charge is -2.08. The number of hydrogen-bond donors (Lipinski definition) is 1. The van der Waals surface area contributed by atoms with Crippen molar-refractivity contribution in [2.75, 3.05) is 0 Å². The summed E-state index contributed by atoms with van der Waals surface area (Å²) in [4.78, 5) is 26.5. The van der Waals surface area contributed by atoms with Gasteiger partial charge in [-0.05, 0) is 31.5 Å². The summed E-state index contributed by atoms with van der Waals surface area (Å²) in [6.07, 6.45) is 4.73. The summed E-state index contributed by atoms with van der Waals surface area (Å²) in [6.45, 7) is 3.26. The number of aromatic nitrogens is 2. The summed E-state index contributed by atoms with van der Waals surface area (Å²) in [5, 5.41) is 9.16. The molecule has 5 nitrogen and oxygen atoms in total. The molecule has 0 radical (unpaired) electrons. The lowest BCUT2D eigenvalue weighted by molar-refractivity contribution is 0.0688. The Balaban J connectivity index is 2.67. The Morgan fingerprint density at radius 3 is 2.67 bits per heavy atom. The van der Waals surface area contributed by atoms with E-state index in [1.165, 1.54) is 23.8 Å². The van der Waals surface area contributed by atoms with Crippen LogP contribution >= 0.6 is 0 Å². The SMILES string of the molecule is CC(=O)c1cc(C(=O)O)n(-c2cnccc2C)c1. The van der Waals surface area contributed by atoms with Gasteiger partial charge in [-0.1, -0.05) is 0 Å². The molecule has 0 unspecified atom stereocenters. The number of rotatable bonds is 3. The van der Waals surface area contributed by atoms with Gasteiger partial charge >= 0.3 is 5.97 Å². The van der Waals surface area contributed by atoms with Gasteiger partial charge in [0.15, 0.2) is 5.78 Å². The second kappa shape index (κ2) is 4.44. The molecular formula is C13H12N2O3. The van der Waals surface area contributed by atoms with Gasteiger partial charge in [0, 0.05) is 18.0 Å². The Labute approximate surface area is 104 Å². The molecule has 92 valence electrons. The zero-order valence-electron chi connectivity index (χ0n) is 10.0. The molecule has 2 aromatic heterocycles. The molecule has 0 fully saturated rings. The molecule has 0 saturated carbocycles. The fraction of sp³-hybridized carbons (Fsp3) is 0.154. The van der Waals surface area contributed by atoms with Crippen LogP contribution in [0.4, 0.5) is 0 Å². The number of pyridine rings is 1. The van der Waals surface area contributed by atoms with Crippen LogP contribution in [0.3, 0.4) is 0 Å². The van der Waals surface area contributed by atoms with Crippen LogP contribution in [0, 0.1) is 6.92 Å². The number of aryl methyl sites for hydroxylation is 1. The van der Waals surface area contributed by atoms with E-state index < -0.39 is 5.97 Å². The highest BCUT2D eigenvalue weighted by atomic mass is 16.4. The summed E-state index contributed by atoms with van der Waals surface area (Å²) < 4.78 is 1.47. The van der Waals surface area contributed by atoms with Gasteiger partial charge in [0.2, 0.25) is 0 Å². The maximum atomic E-state index is 11.3. The smallest absolute Gasteiger partial charge is 0.352 e. The Morgan fingerprint density at radius 2 is 2.11 bits per heavy atom. The standard InChI is InChI=1S/C13H12N2O3/c1-8-3-4-14-6-12(8)15-7-10(9(2)16)5-11(15)13(17)18/h3-7H,1-2H3,(H,17,18). The zero-order valence-corrected chi connectivity index (χ0v) is 10.0. The van der Waals surface area contributed by atoms with Crippen molar-refractivity contribution in [2.45, 2.75) is 13.8 Å². The highest BCUT2D eigenvalue weighted by Crippen LogP contribution is 2.18. The van der Waals surface area contributed by atoms with Crippen molar-refractivity contribution in [3.8, 4) is 5.69 Å². The molecule has 2 heterocycles. The summed E-state index contributed by atoms with van der Waals surface area (Å²) in [7, 11) is 0. The number of carboxylic acids is 1. The molecule has 0 amide bonds. The highest BCUT2D eigenvalue weighted by molar-refractivity contribution is 5.97. The molecular weight excluding hydrogens is 232 g/mol. The topological polar surface area (TPSA) is 72.2 Å². The summed E-state index contributed by atoms with van der Waals surface area (Å²) in [6, 6.07) is 3.16. The Kier molecular flexibility index (Phi) is 2.97. The minimum Gasteiger partial charge on any atom is -0.477 e. The number of carbonyl (C=O) groups excluding carboxylic acids is 1. The largest absolute Gasteiger partial charge is 0.477 e. The summed E-state index contributed by atoms with van der Waals surface area (Å²) in [5.74, 6) is -1.25. The number of carboxylic acid groups (broad SMARTS) is 1. The zero-order chi connectivity index (χ0) is 13.3. The third-order valence-corrected chi connectivity index (χ3v) is 2.72. The minimum atomic E-state index is -1.08. The minimum absolute atomic E-state index is 0.0521. The van der Waals surface area contributed by atoms with Crippen molar-refractivity contribution in [3.63, 3.8) is 0 Å². The maximum absolute atomic E-state index is 11.3. The molecule has 18 heavy (non-hydrogen) atoms. The Morgan fingerprint density at radius 1 is 1.39 bits per heavy atom. The lowest BCUT2D eigenvalue weighted by atomic mass is 10.2. The maximum Gasteiger partial charge on any atom is 0.352 e. The lowest BCUT2D eigenvalue weighted by Crippen LogP contribution is -2.07. The van der Waals surface area contributed by atoms with Crippen LogP contribution in [0.15, 0.2) is 30.7 Å². The van der Waals surface area contributed by atoms with Crippen LogP contribution in [0.1, 0.15) is 33.3 Å². The Bertz CT molecular complexity index is 629. The molecule has 2 rings (SSSR count). The van der Waals surface area contributed by atoms with Crippen molar-refractivity contribution in [1.29, 1.82) is 0 Å². The van der Waals surface area contributed by atoms with Crippen LogP contribution in [0.5, 0.6) is 0 Å². The van der Waals surface area contributed by atoms with Crippen LogP contribution in [0.2, 0.25) is 0 Å². The molecule has 0 saturated heterocycles. The van der Waals surface area contributed by atoms with Gasteiger partial charge in [0.05, 0.1) is 11.9 Å². The summed E-state index contributed by atoms with van der Waals surface area (Å²) in [5.41, 5.74) is 1.97. The van der Waals surface area contributed by atoms with E-state index in [0.717, 1.165) is 5.56 Å². The normalized spacial score (nSPS) is 10.3. The third kappa shape index (κ3) is 2.02. The van der Waals surface area contributed by atoms with Gasteiger partial charge in [0.25, 0.3) is 0 Å². The molecule has 2 aromatic rings. The van der Waals surface area contributed by atoms with Crippen molar-refractivity contribution in [3.05, 3.63) is 47.5 Å². The van der Waals surface area contributed by atoms with Gasteiger partial charge in [-0.2, -0.15) is 0 Å². The quantitative estimate of drug-likeness (QED) is 0.839. The van der Waals surface area contributed by atoms with E-state index in [9.17, 15) is 9.59 Å². The molecule has 0 spiro atoms. The first-order valence-electron chi connectivity index (χ1n) is 5.38. The second-order valence-electron chi connectivity index (χ2n) is 4.01. The number of carbonyl (C=O) groups is 2. The second-order valence-corrected chi connectivity index (χ2v) is 4.01. The van der Waals surface area contributed by atoms with Gasteiger partial charge in [-0.15, -0.1) is 0 Å². The van der Waals surface area contributed by atoms with Crippen molar-refractivity contribution in [1.82, 2.24) is 9.55 Å². The average molecular weight is 244 g/mol. The third-order valence-electron chi connectivity index (χ3n) is 2.72. The van der Waals surface area contributed by atoms with E-state index in [1.807, 2.05) is 6.92 Å². The van der Waals surface area contributed by atoms with E-state index >= 15 is 0 Å². The monoisotopic (exact) mass is 244 g/mol. The predicted octanol–water partition coefficient (Wildman–Crippen LogP) is 2.08. The number of ketones is 1.